The standard InChI is InChI=1S/C11H16N2O4/c1-8-6-9(17-13-8)10(14)12-7-11(15)2-4-16-5-3-11/h6,15H,2-5,7H2,1H3,(H,12,14). The predicted molar refractivity (Wildman–Crippen MR) is 58.6 cm³/mol. The van der Waals surface area contributed by atoms with Crippen LogP contribution in [-0.2, 0) is 4.74 Å². The quantitative estimate of drug-likeness (QED) is 0.791. The van der Waals surface area contributed by atoms with E-state index in [4.69, 9.17) is 9.26 Å². The highest BCUT2D eigenvalue weighted by atomic mass is 16.5. The van der Waals surface area contributed by atoms with E-state index in [0.29, 0.717) is 31.7 Å². The van der Waals surface area contributed by atoms with Gasteiger partial charge in [0.25, 0.3) is 5.91 Å². The topological polar surface area (TPSA) is 84.6 Å². The van der Waals surface area contributed by atoms with Gasteiger partial charge in [-0.25, -0.2) is 0 Å². The molecule has 2 N–H and O–H groups in total. The molecule has 94 valence electrons. The van der Waals surface area contributed by atoms with Crippen LogP contribution < -0.4 is 5.32 Å². The summed E-state index contributed by atoms with van der Waals surface area (Å²) in [6, 6.07) is 1.56. The Balaban J connectivity index is 1.87. The second-order valence-corrected chi connectivity index (χ2v) is 4.35. The fraction of sp³-hybridized carbons (Fsp3) is 0.636. The van der Waals surface area contributed by atoms with E-state index in [0.717, 1.165) is 0 Å². The first kappa shape index (κ1) is 12.1. The molecule has 0 aliphatic carbocycles. The monoisotopic (exact) mass is 240 g/mol. The maximum absolute atomic E-state index is 11.7. The Morgan fingerprint density at radius 3 is 2.88 bits per heavy atom. The van der Waals surface area contributed by atoms with Gasteiger partial charge >= 0.3 is 0 Å². The van der Waals surface area contributed by atoms with Crippen LogP contribution >= 0.6 is 0 Å². The number of rotatable bonds is 3. The Morgan fingerprint density at radius 2 is 2.29 bits per heavy atom. The molecular weight excluding hydrogens is 224 g/mol. The SMILES string of the molecule is Cc1cc(C(=O)NCC2(O)CCOCC2)on1. The van der Waals surface area contributed by atoms with Crippen LogP contribution in [0.3, 0.4) is 0 Å². The highest BCUT2D eigenvalue weighted by Crippen LogP contribution is 2.19. The summed E-state index contributed by atoms with van der Waals surface area (Å²) in [6.07, 6.45) is 1.06. The Morgan fingerprint density at radius 1 is 1.59 bits per heavy atom. The van der Waals surface area contributed by atoms with Crippen LogP contribution in [0.5, 0.6) is 0 Å². The first-order valence-electron chi connectivity index (χ1n) is 5.61. The summed E-state index contributed by atoms with van der Waals surface area (Å²) in [5, 5.41) is 16.4. The average Bonchev–Trinajstić information content (AvgIpc) is 2.74. The fourth-order valence-electron chi connectivity index (χ4n) is 1.73. The molecule has 6 heteroatoms. The predicted octanol–water partition coefficient (Wildman–Crippen LogP) is 0.254. The molecule has 0 aromatic carbocycles. The van der Waals surface area contributed by atoms with Crippen molar-refractivity contribution in [2.45, 2.75) is 25.4 Å². The van der Waals surface area contributed by atoms with Crippen LogP contribution in [-0.4, -0.2) is 41.5 Å². The van der Waals surface area contributed by atoms with E-state index in [-0.39, 0.29) is 18.2 Å². The van der Waals surface area contributed by atoms with Gasteiger partial charge in [0, 0.05) is 38.7 Å². The Hall–Kier alpha value is -1.40. The van der Waals surface area contributed by atoms with Crippen LogP contribution in [0, 0.1) is 6.92 Å². The van der Waals surface area contributed by atoms with Gasteiger partial charge in [-0.05, 0) is 6.92 Å². The van der Waals surface area contributed by atoms with Gasteiger partial charge in [-0.2, -0.15) is 0 Å². The van der Waals surface area contributed by atoms with Crippen LogP contribution in [0.25, 0.3) is 0 Å². The van der Waals surface area contributed by atoms with E-state index in [1.807, 2.05) is 0 Å². The summed E-state index contributed by atoms with van der Waals surface area (Å²) in [5.41, 5.74) is -0.219. The van der Waals surface area contributed by atoms with E-state index in [1.54, 1.807) is 13.0 Å². The van der Waals surface area contributed by atoms with Crippen LogP contribution in [0.1, 0.15) is 29.1 Å². The molecule has 2 heterocycles. The second kappa shape index (κ2) is 4.85. The largest absolute Gasteiger partial charge is 0.388 e. The number of nitrogens with one attached hydrogen (secondary N) is 1. The number of amides is 1. The van der Waals surface area contributed by atoms with Gasteiger partial charge in [0.15, 0.2) is 0 Å². The molecule has 1 aromatic heterocycles. The van der Waals surface area contributed by atoms with Crippen LogP contribution in [0.15, 0.2) is 10.6 Å². The molecule has 0 bridgehead atoms. The molecule has 0 unspecified atom stereocenters. The zero-order valence-corrected chi connectivity index (χ0v) is 9.73. The van der Waals surface area contributed by atoms with Crippen molar-refractivity contribution in [3.8, 4) is 0 Å². The van der Waals surface area contributed by atoms with E-state index < -0.39 is 5.60 Å². The van der Waals surface area contributed by atoms with Gasteiger partial charge in [-0.3, -0.25) is 4.79 Å². The first-order valence-corrected chi connectivity index (χ1v) is 5.61. The molecule has 0 radical (unpaired) electrons. The molecule has 1 amide bonds. The van der Waals surface area contributed by atoms with Gasteiger partial charge in [0.2, 0.25) is 5.76 Å². The number of nitrogens with zero attached hydrogens (tertiary/aromatic N) is 1. The Kier molecular flexibility index (Phi) is 3.44. The number of carbonyl (C=O) groups excluding carboxylic acids is 1. The molecular formula is C11H16N2O4. The minimum atomic E-state index is -0.872. The van der Waals surface area contributed by atoms with Gasteiger partial charge in [-0.1, -0.05) is 5.16 Å². The van der Waals surface area contributed by atoms with Crippen molar-refractivity contribution in [2.24, 2.45) is 0 Å². The van der Waals surface area contributed by atoms with E-state index in [1.165, 1.54) is 0 Å². The fourth-order valence-corrected chi connectivity index (χ4v) is 1.73. The zero-order chi connectivity index (χ0) is 12.3. The molecule has 0 spiro atoms. The third-order valence-electron chi connectivity index (χ3n) is 2.85. The molecule has 2 rings (SSSR count). The lowest BCUT2D eigenvalue weighted by Crippen LogP contribution is -2.46. The normalized spacial score (nSPS) is 18.9. The summed E-state index contributed by atoms with van der Waals surface area (Å²) in [4.78, 5) is 11.7. The molecule has 1 aliphatic rings. The van der Waals surface area contributed by atoms with Crippen molar-refractivity contribution in [3.05, 3.63) is 17.5 Å². The Bertz CT molecular complexity index is 396. The number of aliphatic hydroxyl groups is 1. The molecule has 1 aromatic rings. The lowest BCUT2D eigenvalue weighted by Gasteiger charge is -2.31. The first-order chi connectivity index (χ1) is 8.09. The van der Waals surface area contributed by atoms with Crippen LogP contribution in [0.2, 0.25) is 0 Å². The minimum absolute atomic E-state index is 0.165. The minimum Gasteiger partial charge on any atom is -0.388 e. The van der Waals surface area contributed by atoms with Crippen molar-refractivity contribution in [1.29, 1.82) is 0 Å². The summed E-state index contributed by atoms with van der Waals surface area (Å²) in [6.45, 7) is 2.99. The highest BCUT2D eigenvalue weighted by molar-refractivity contribution is 5.91. The third kappa shape index (κ3) is 3.04. The number of hydrogen-bond acceptors (Lipinski definition) is 5. The molecule has 1 fully saturated rings. The van der Waals surface area contributed by atoms with Crippen molar-refractivity contribution in [3.63, 3.8) is 0 Å². The van der Waals surface area contributed by atoms with Crippen molar-refractivity contribution in [1.82, 2.24) is 10.5 Å². The lowest BCUT2D eigenvalue weighted by molar-refractivity contribution is -0.0606. The number of carbonyl (C=O) groups is 1. The van der Waals surface area contributed by atoms with Crippen molar-refractivity contribution < 1.29 is 19.2 Å². The highest BCUT2D eigenvalue weighted by Gasteiger charge is 2.30. The number of hydrogen-bond donors (Lipinski definition) is 2. The van der Waals surface area contributed by atoms with Gasteiger partial charge < -0.3 is 19.7 Å². The number of aromatic nitrogens is 1. The molecule has 17 heavy (non-hydrogen) atoms. The van der Waals surface area contributed by atoms with Gasteiger partial charge in [0.05, 0.1) is 11.3 Å². The van der Waals surface area contributed by atoms with Gasteiger partial charge in [0.1, 0.15) is 0 Å². The summed E-state index contributed by atoms with van der Waals surface area (Å²) in [7, 11) is 0. The summed E-state index contributed by atoms with van der Waals surface area (Å²) >= 11 is 0. The van der Waals surface area contributed by atoms with Gasteiger partial charge in [-0.15, -0.1) is 0 Å². The maximum atomic E-state index is 11.7. The smallest absolute Gasteiger partial charge is 0.290 e. The average molecular weight is 240 g/mol. The molecule has 0 saturated carbocycles. The Labute approximate surface area is 98.9 Å². The van der Waals surface area contributed by atoms with E-state index in [9.17, 15) is 9.90 Å². The molecule has 6 nitrogen and oxygen atoms in total. The number of ether oxygens (including phenoxy) is 1. The summed E-state index contributed by atoms with van der Waals surface area (Å²) in [5.74, 6) is -0.191. The van der Waals surface area contributed by atoms with E-state index in [2.05, 4.69) is 10.5 Å². The van der Waals surface area contributed by atoms with Crippen LogP contribution in [0.4, 0.5) is 0 Å². The number of aryl methyl sites for hydroxylation is 1. The molecule has 0 atom stereocenters. The van der Waals surface area contributed by atoms with E-state index >= 15 is 0 Å². The lowest BCUT2D eigenvalue weighted by atomic mass is 9.94. The van der Waals surface area contributed by atoms with Crippen molar-refractivity contribution in [2.75, 3.05) is 19.8 Å². The van der Waals surface area contributed by atoms with Crippen molar-refractivity contribution >= 4 is 5.91 Å². The molecule has 1 saturated heterocycles. The third-order valence-corrected chi connectivity index (χ3v) is 2.85. The maximum Gasteiger partial charge on any atom is 0.290 e. The second-order valence-electron chi connectivity index (χ2n) is 4.35. The zero-order valence-electron chi connectivity index (χ0n) is 9.73. The molecule has 1 aliphatic heterocycles. The summed E-state index contributed by atoms with van der Waals surface area (Å²) < 4.78 is 9.99.